The molecule has 3 heteroatoms. The lowest BCUT2D eigenvalue weighted by molar-refractivity contribution is 0.525. The molecule has 0 spiro atoms. The first-order valence-corrected chi connectivity index (χ1v) is 3.75. The maximum Gasteiger partial charge on any atom is 0.542 e. The number of hydrogen-bond donors (Lipinski definition) is 0. The predicted molar refractivity (Wildman–Crippen MR) is 40.8 cm³/mol. The van der Waals surface area contributed by atoms with E-state index in [1.165, 1.54) is 5.56 Å². The van der Waals surface area contributed by atoms with Crippen LogP contribution in [-0.2, 0) is 4.57 Å². The van der Waals surface area contributed by atoms with Gasteiger partial charge >= 0.3 is 8.69 Å². The molecule has 1 aromatic carbocycles. The second kappa shape index (κ2) is 3.33. The summed E-state index contributed by atoms with van der Waals surface area (Å²) in [6.45, 7) is 1.99. The van der Waals surface area contributed by atoms with E-state index in [0.29, 0.717) is 5.75 Å². The molecular formula is C7H8O2P+. The molecule has 1 aromatic rings. The molecule has 1 atom stereocenters. The van der Waals surface area contributed by atoms with E-state index in [9.17, 15) is 4.57 Å². The SMILES string of the molecule is Cc1ccc(O[PH+]=O)cc1. The monoisotopic (exact) mass is 155 g/mol. The Labute approximate surface area is 61.1 Å². The summed E-state index contributed by atoms with van der Waals surface area (Å²) >= 11 is 0. The first kappa shape index (κ1) is 7.23. The van der Waals surface area contributed by atoms with E-state index in [2.05, 4.69) is 0 Å². The molecule has 0 aromatic heterocycles. The molecule has 0 fully saturated rings. The second-order valence-electron chi connectivity index (χ2n) is 2.00. The van der Waals surface area contributed by atoms with E-state index in [1.807, 2.05) is 19.1 Å². The number of benzene rings is 1. The van der Waals surface area contributed by atoms with E-state index < -0.39 is 8.69 Å². The highest BCUT2D eigenvalue weighted by Gasteiger charge is 1.94. The van der Waals surface area contributed by atoms with Gasteiger partial charge < -0.3 is 0 Å². The molecule has 0 radical (unpaired) electrons. The molecule has 1 rings (SSSR count). The van der Waals surface area contributed by atoms with Gasteiger partial charge in [-0.3, -0.25) is 4.52 Å². The molecule has 1 unspecified atom stereocenters. The molecule has 0 aliphatic rings. The van der Waals surface area contributed by atoms with Gasteiger partial charge in [-0.05, 0) is 23.6 Å². The van der Waals surface area contributed by atoms with Crippen LogP contribution in [0.3, 0.4) is 0 Å². The average molecular weight is 155 g/mol. The first-order chi connectivity index (χ1) is 4.83. The Morgan fingerprint density at radius 2 is 1.90 bits per heavy atom. The summed E-state index contributed by atoms with van der Waals surface area (Å²) < 4.78 is 14.7. The quantitative estimate of drug-likeness (QED) is 0.612. The first-order valence-electron chi connectivity index (χ1n) is 2.93. The summed E-state index contributed by atoms with van der Waals surface area (Å²) in [5.74, 6) is 0.652. The minimum atomic E-state index is -0.718. The molecule has 0 N–H and O–H groups in total. The third-order valence-electron chi connectivity index (χ3n) is 1.18. The van der Waals surface area contributed by atoms with Crippen LogP contribution in [0.4, 0.5) is 0 Å². The van der Waals surface area contributed by atoms with E-state index in [-0.39, 0.29) is 0 Å². The lowest BCUT2D eigenvalue weighted by atomic mass is 10.2. The largest absolute Gasteiger partial charge is 0.542 e. The maximum absolute atomic E-state index is 9.99. The minimum Gasteiger partial charge on any atom is -0.256 e. The Hall–Kier alpha value is -0.880. The third kappa shape index (κ3) is 1.82. The van der Waals surface area contributed by atoms with Crippen LogP contribution in [0.25, 0.3) is 0 Å². The minimum absolute atomic E-state index is 0.652. The molecule has 52 valence electrons. The van der Waals surface area contributed by atoms with Gasteiger partial charge in [-0.15, -0.1) is 0 Å². The van der Waals surface area contributed by atoms with Crippen LogP contribution < -0.4 is 4.52 Å². The number of aryl methyl sites for hydroxylation is 1. The summed E-state index contributed by atoms with van der Waals surface area (Å²) in [5.41, 5.74) is 1.17. The summed E-state index contributed by atoms with van der Waals surface area (Å²) in [6.07, 6.45) is 0. The molecule has 0 aliphatic heterocycles. The lowest BCUT2D eigenvalue weighted by Gasteiger charge is -1.90. The van der Waals surface area contributed by atoms with Crippen LogP contribution in [0.2, 0.25) is 0 Å². The van der Waals surface area contributed by atoms with Crippen molar-refractivity contribution >= 4 is 8.69 Å². The fourth-order valence-corrected chi connectivity index (χ4v) is 0.887. The van der Waals surface area contributed by atoms with Gasteiger partial charge in [-0.2, -0.15) is 0 Å². The Bertz CT molecular complexity index is 218. The molecule has 2 nitrogen and oxygen atoms in total. The highest BCUT2D eigenvalue weighted by molar-refractivity contribution is 7.17. The van der Waals surface area contributed by atoms with Gasteiger partial charge in [0, 0.05) is 0 Å². The Kier molecular flexibility index (Phi) is 2.41. The van der Waals surface area contributed by atoms with E-state index >= 15 is 0 Å². The molecule has 0 aliphatic carbocycles. The smallest absolute Gasteiger partial charge is 0.256 e. The van der Waals surface area contributed by atoms with Crippen molar-refractivity contribution in [2.75, 3.05) is 0 Å². The van der Waals surface area contributed by atoms with Crippen LogP contribution in [0.5, 0.6) is 5.75 Å². The van der Waals surface area contributed by atoms with Gasteiger partial charge in [0.25, 0.3) is 0 Å². The average Bonchev–Trinajstić information content (AvgIpc) is 1.95. The molecule has 0 bridgehead atoms. The Morgan fingerprint density at radius 3 is 2.40 bits per heavy atom. The van der Waals surface area contributed by atoms with Gasteiger partial charge in [0.15, 0.2) is 5.75 Å². The van der Waals surface area contributed by atoms with Crippen LogP contribution in [0, 0.1) is 6.92 Å². The fourth-order valence-electron chi connectivity index (χ4n) is 0.654. The van der Waals surface area contributed by atoms with Gasteiger partial charge in [0.1, 0.15) is 0 Å². The summed E-state index contributed by atoms with van der Waals surface area (Å²) in [7, 11) is -0.718. The van der Waals surface area contributed by atoms with Crippen molar-refractivity contribution in [2.24, 2.45) is 0 Å². The fraction of sp³-hybridized carbons (Fsp3) is 0.143. The zero-order valence-corrected chi connectivity index (χ0v) is 6.63. The van der Waals surface area contributed by atoms with Crippen LogP contribution in [-0.4, -0.2) is 0 Å². The van der Waals surface area contributed by atoms with Gasteiger partial charge in [-0.1, -0.05) is 17.7 Å². The molecule has 0 amide bonds. The summed E-state index contributed by atoms with van der Waals surface area (Å²) in [4.78, 5) is 0. The van der Waals surface area contributed by atoms with Crippen molar-refractivity contribution < 1.29 is 9.09 Å². The van der Waals surface area contributed by atoms with E-state index in [1.54, 1.807) is 12.1 Å². The van der Waals surface area contributed by atoms with Gasteiger partial charge in [0.2, 0.25) is 0 Å². The normalized spacial score (nSPS) is 9.70. The van der Waals surface area contributed by atoms with Crippen LogP contribution >= 0.6 is 8.69 Å². The van der Waals surface area contributed by atoms with Gasteiger partial charge in [0.05, 0.1) is 0 Å². The van der Waals surface area contributed by atoms with Crippen LogP contribution in [0.1, 0.15) is 5.56 Å². The lowest BCUT2D eigenvalue weighted by Crippen LogP contribution is -1.74. The highest BCUT2D eigenvalue weighted by Crippen LogP contribution is 2.14. The van der Waals surface area contributed by atoms with E-state index in [4.69, 9.17) is 4.52 Å². The third-order valence-corrected chi connectivity index (χ3v) is 1.50. The maximum atomic E-state index is 9.99. The van der Waals surface area contributed by atoms with Gasteiger partial charge in [-0.25, -0.2) is 0 Å². The highest BCUT2D eigenvalue weighted by atomic mass is 31.1. The second-order valence-corrected chi connectivity index (χ2v) is 2.37. The zero-order chi connectivity index (χ0) is 7.40. The molecule has 0 heterocycles. The van der Waals surface area contributed by atoms with Crippen molar-refractivity contribution in [3.63, 3.8) is 0 Å². The standard InChI is InChI=1S/C7H8O2P/c1-6-2-4-7(5-3-6)9-10-8/h2-5,10H,1H3/q+1. The molecule has 10 heavy (non-hydrogen) atoms. The topological polar surface area (TPSA) is 26.3 Å². The zero-order valence-electron chi connectivity index (χ0n) is 5.63. The number of hydrogen-bond acceptors (Lipinski definition) is 2. The number of rotatable bonds is 2. The molecule has 0 saturated heterocycles. The molecular weight excluding hydrogens is 147 g/mol. The van der Waals surface area contributed by atoms with Crippen molar-refractivity contribution in [1.82, 2.24) is 0 Å². The predicted octanol–water partition coefficient (Wildman–Crippen LogP) is 2.31. The summed E-state index contributed by atoms with van der Waals surface area (Å²) in [5, 5.41) is 0. The molecule has 0 saturated carbocycles. The van der Waals surface area contributed by atoms with Crippen molar-refractivity contribution in [3.05, 3.63) is 29.8 Å². The van der Waals surface area contributed by atoms with Crippen molar-refractivity contribution in [2.45, 2.75) is 6.92 Å². The van der Waals surface area contributed by atoms with Crippen molar-refractivity contribution in [1.29, 1.82) is 0 Å². The van der Waals surface area contributed by atoms with Crippen molar-refractivity contribution in [3.8, 4) is 5.75 Å². The Balaban J connectivity index is 2.78. The summed E-state index contributed by atoms with van der Waals surface area (Å²) in [6, 6.07) is 7.41. The van der Waals surface area contributed by atoms with Crippen LogP contribution in [0.15, 0.2) is 24.3 Å². The van der Waals surface area contributed by atoms with E-state index in [0.717, 1.165) is 0 Å². The Morgan fingerprint density at radius 1 is 1.30 bits per heavy atom.